The molecule has 0 saturated carbocycles. The molecule has 0 aliphatic carbocycles. The first kappa shape index (κ1) is 10.8. The van der Waals surface area contributed by atoms with Crippen molar-refractivity contribution >= 4 is 17.7 Å². The molecular weight excluding hydrogens is 160 g/mol. The second kappa shape index (κ2) is 6.53. The summed E-state index contributed by atoms with van der Waals surface area (Å²) in [6.07, 6.45) is 0.858. The first-order chi connectivity index (χ1) is 5.26. The van der Waals surface area contributed by atoms with Gasteiger partial charge >= 0.3 is 5.97 Å². The molecule has 0 aromatic rings. The fourth-order valence-corrected chi connectivity index (χ4v) is 1.63. The Hall–Kier alpha value is -0.180. The highest BCUT2D eigenvalue weighted by atomic mass is 32.2. The molecule has 0 aromatic heterocycles. The quantitative estimate of drug-likeness (QED) is 0.600. The fourth-order valence-electron chi connectivity index (χ4n) is 0.789. The predicted molar refractivity (Wildman–Crippen MR) is 48.8 cm³/mol. The number of hydrogen-bond acceptors (Lipinski definition) is 3. The van der Waals surface area contributed by atoms with Crippen molar-refractivity contribution in [3.8, 4) is 0 Å². The van der Waals surface area contributed by atoms with Crippen LogP contribution in [0.3, 0.4) is 0 Å². The Morgan fingerprint density at radius 3 is 2.45 bits per heavy atom. The maximum absolute atomic E-state index is 11.1. The smallest absolute Gasteiger partial charge is 0.319 e. The van der Waals surface area contributed by atoms with Gasteiger partial charge in [0.25, 0.3) is 0 Å². The molecule has 0 saturated heterocycles. The lowest BCUT2D eigenvalue weighted by Gasteiger charge is -2.10. The molecule has 0 aliphatic heterocycles. The first-order valence-electron chi connectivity index (χ1n) is 4.04. The topological polar surface area (TPSA) is 26.3 Å². The van der Waals surface area contributed by atoms with Crippen LogP contribution in [-0.2, 0) is 9.53 Å². The highest BCUT2D eigenvalue weighted by Gasteiger charge is 2.16. The summed E-state index contributed by atoms with van der Waals surface area (Å²) in [4.78, 5) is 11.1. The molecule has 3 heteroatoms. The van der Waals surface area contributed by atoms with Gasteiger partial charge in [0, 0.05) is 0 Å². The molecule has 0 spiro atoms. The average molecular weight is 176 g/mol. The van der Waals surface area contributed by atoms with E-state index in [4.69, 9.17) is 4.74 Å². The fraction of sp³-hybridized carbons (Fsp3) is 0.875. The minimum atomic E-state index is -0.0677. The van der Waals surface area contributed by atoms with Crippen molar-refractivity contribution in [2.24, 2.45) is 0 Å². The zero-order chi connectivity index (χ0) is 8.69. The molecule has 1 unspecified atom stereocenters. The van der Waals surface area contributed by atoms with E-state index >= 15 is 0 Å². The van der Waals surface area contributed by atoms with Gasteiger partial charge in [-0.2, -0.15) is 0 Å². The molecule has 2 nitrogen and oxygen atoms in total. The molecule has 1 atom stereocenters. The van der Waals surface area contributed by atoms with E-state index in [1.54, 1.807) is 11.8 Å². The number of carbonyl (C=O) groups is 1. The zero-order valence-corrected chi connectivity index (χ0v) is 8.24. The zero-order valence-electron chi connectivity index (χ0n) is 7.42. The summed E-state index contributed by atoms with van der Waals surface area (Å²) in [6.45, 7) is 6.37. The van der Waals surface area contributed by atoms with Gasteiger partial charge in [0.2, 0.25) is 0 Å². The van der Waals surface area contributed by atoms with Crippen LogP contribution < -0.4 is 0 Å². The molecular formula is C8H16O2S. The minimum Gasteiger partial charge on any atom is -0.465 e. The predicted octanol–water partition coefficient (Wildman–Crippen LogP) is 2.08. The van der Waals surface area contributed by atoms with E-state index in [0.29, 0.717) is 6.61 Å². The van der Waals surface area contributed by atoms with E-state index in [-0.39, 0.29) is 11.2 Å². The van der Waals surface area contributed by atoms with Gasteiger partial charge in [-0.1, -0.05) is 13.8 Å². The lowest BCUT2D eigenvalue weighted by Crippen LogP contribution is -2.19. The van der Waals surface area contributed by atoms with Crippen molar-refractivity contribution in [2.75, 3.05) is 12.4 Å². The van der Waals surface area contributed by atoms with Crippen LogP contribution in [-0.4, -0.2) is 23.6 Å². The number of esters is 1. The molecule has 0 rings (SSSR count). The van der Waals surface area contributed by atoms with Gasteiger partial charge in [0.05, 0.1) is 6.61 Å². The van der Waals surface area contributed by atoms with Crippen molar-refractivity contribution < 1.29 is 9.53 Å². The molecule has 66 valence electrons. The number of ether oxygens (including phenoxy) is 1. The SMILES string of the molecule is CCOC(=O)C(CC)SCC. The number of hydrogen-bond donors (Lipinski definition) is 0. The third kappa shape index (κ3) is 4.30. The van der Waals surface area contributed by atoms with Crippen LogP contribution in [0.1, 0.15) is 27.2 Å². The largest absolute Gasteiger partial charge is 0.465 e. The number of rotatable bonds is 5. The van der Waals surface area contributed by atoms with E-state index < -0.39 is 0 Å². The second-order valence-electron chi connectivity index (χ2n) is 2.10. The molecule has 11 heavy (non-hydrogen) atoms. The Labute approximate surface area is 72.7 Å². The average Bonchev–Trinajstić information content (AvgIpc) is 2.00. The Morgan fingerprint density at radius 1 is 1.45 bits per heavy atom. The first-order valence-corrected chi connectivity index (χ1v) is 5.09. The van der Waals surface area contributed by atoms with Crippen LogP contribution in [0.5, 0.6) is 0 Å². The highest BCUT2D eigenvalue weighted by molar-refractivity contribution is 8.00. The van der Waals surface area contributed by atoms with E-state index in [1.807, 2.05) is 20.8 Å². The van der Waals surface area contributed by atoms with Gasteiger partial charge in [0.15, 0.2) is 0 Å². The standard InChI is InChI=1S/C8H16O2S/c1-4-7(11-6-3)8(9)10-5-2/h7H,4-6H2,1-3H3. The maximum atomic E-state index is 11.1. The van der Waals surface area contributed by atoms with Gasteiger partial charge in [-0.3, -0.25) is 4.79 Å². The lowest BCUT2D eigenvalue weighted by molar-refractivity contribution is -0.142. The summed E-state index contributed by atoms with van der Waals surface area (Å²) >= 11 is 1.65. The number of thioether (sulfide) groups is 1. The molecule has 0 aliphatic rings. The highest BCUT2D eigenvalue weighted by Crippen LogP contribution is 2.15. The van der Waals surface area contributed by atoms with Gasteiger partial charge < -0.3 is 4.74 Å². The van der Waals surface area contributed by atoms with E-state index in [0.717, 1.165) is 12.2 Å². The van der Waals surface area contributed by atoms with Crippen molar-refractivity contribution in [2.45, 2.75) is 32.4 Å². The molecule has 0 aromatic carbocycles. The maximum Gasteiger partial charge on any atom is 0.319 e. The van der Waals surface area contributed by atoms with E-state index in [1.165, 1.54) is 0 Å². The summed E-state index contributed by atoms with van der Waals surface area (Å²) in [6, 6.07) is 0. The van der Waals surface area contributed by atoms with Gasteiger partial charge in [-0.25, -0.2) is 0 Å². The summed E-state index contributed by atoms with van der Waals surface area (Å²) in [5.41, 5.74) is 0. The summed E-state index contributed by atoms with van der Waals surface area (Å²) in [5.74, 6) is 0.902. The summed E-state index contributed by atoms with van der Waals surface area (Å²) in [7, 11) is 0. The molecule has 0 heterocycles. The van der Waals surface area contributed by atoms with Crippen LogP contribution in [0.2, 0.25) is 0 Å². The Balaban J connectivity index is 3.71. The normalized spacial score (nSPS) is 12.6. The van der Waals surface area contributed by atoms with Gasteiger partial charge in [-0.05, 0) is 19.1 Å². The molecule has 0 N–H and O–H groups in total. The Kier molecular flexibility index (Phi) is 6.42. The van der Waals surface area contributed by atoms with Gasteiger partial charge in [0.1, 0.15) is 5.25 Å². The van der Waals surface area contributed by atoms with Crippen molar-refractivity contribution in [1.82, 2.24) is 0 Å². The monoisotopic (exact) mass is 176 g/mol. The lowest BCUT2D eigenvalue weighted by atomic mass is 10.3. The van der Waals surface area contributed by atoms with Gasteiger partial charge in [-0.15, -0.1) is 11.8 Å². The van der Waals surface area contributed by atoms with Crippen LogP contribution in [0.4, 0.5) is 0 Å². The molecule has 0 amide bonds. The number of carbonyl (C=O) groups excluding carboxylic acids is 1. The van der Waals surface area contributed by atoms with Crippen LogP contribution in [0, 0.1) is 0 Å². The molecule has 0 fully saturated rings. The van der Waals surface area contributed by atoms with Crippen LogP contribution >= 0.6 is 11.8 Å². The Bertz CT molecular complexity index is 115. The van der Waals surface area contributed by atoms with E-state index in [2.05, 4.69) is 0 Å². The van der Waals surface area contributed by atoms with E-state index in [9.17, 15) is 4.79 Å². The van der Waals surface area contributed by atoms with Crippen molar-refractivity contribution in [3.05, 3.63) is 0 Å². The van der Waals surface area contributed by atoms with Crippen LogP contribution in [0.25, 0.3) is 0 Å². The third-order valence-electron chi connectivity index (χ3n) is 1.29. The second-order valence-corrected chi connectivity index (χ2v) is 3.58. The van der Waals surface area contributed by atoms with Crippen molar-refractivity contribution in [3.63, 3.8) is 0 Å². The summed E-state index contributed by atoms with van der Waals surface area (Å²) < 4.78 is 4.89. The Morgan fingerprint density at radius 2 is 2.09 bits per heavy atom. The summed E-state index contributed by atoms with van der Waals surface area (Å²) in [5, 5.41) is 0.0416. The minimum absolute atomic E-state index is 0.0416. The van der Waals surface area contributed by atoms with Crippen LogP contribution in [0.15, 0.2) is 0 Å². The molecule has 0 bridgehead atoms. The molecule has 0 radical (unpaired) electrons. The third-order valence-corrected chi connectivity index (χ3v) is 2.55. The van der Waals surface area contributed by atoms with Crippen molar-refractivity contribution in [1.29, 1.82) is 0 Å².